The second-order valence-corrected chi connectivity index (χ2v) is 9.36. The van der Waals surface area contributed by atoms with E-state index in [1.807, 2.05) is 92.8 Å². The fraction of sp³-hybridized carbons (Fsp3) is 0.125. The second-order valence-electron chi connectivity index (χ2n) is 9.36. The summed E-state index contributed by atoms with van der Waals surface area (Å²) in [6.07, 6.45) is 7.07. The Morgan fingerprint density at radius 3 is 1.60 bits per heavy atom. The SMILES string of the molecule is Cc1ccn2cc(C(C)O)n(-c3ccccc3)c(=O)c12.Cc1ccn2cc(C=O)n(-c3ccccc3)c(=O)c12.[CH3-].[I-].[Mg+2]. The molecule has 2 aromatic carbocycles. The van der Waals surface area contributed by atoms with Gasteiger partial charge in [-0.25, -0.2) is 0 Å². The predicted octanol–water partition coefficient (Wildman–Crippen LogP) is 1.74. The number of aromatic nitrogens is 4. The molecular formula is C32H31IMgN4O4. The van der Waals surface area contributed by atoms with Crippen LogP contribution in [0.2, 0.25) is 0 Å². The van der Waals surface area contributed by atoms with Crippen molar-refractivity contribution in [1.82, 2.24) is 17.9 Å². The molecular weight excluding hydrogens is 656 g/mol. The van der Waals surface area contributed by atoms with Crippen molar-refractivity contribution >= 4 is 40.4 Å². The molecule has 1 unspecified atom stereocenters. The van der Waals surface area contributed by atoms with Gasteiger partial charge in [0.1, 0.15) is 16.7 Å². The molecule has 6 rings (SSSR count). The number of fused-ring (bicyclic) bond motifs is 2. The van der Waals surface area contributed by atoms with E-state index in [0.717, 1.165) is 16.8 Å². The maximum absolute atomic E-state index is 12.8. The van der Waals surface area contributed by atoms with Gasteiger partial charge in [0.25, 0.3) is 11.1 Å². The van der Waals surface area contributed by atoms with Crippen molar-refractivity contribution < 1.29 is 33.9 Å². The zero-order valence-corrected chi connectivity index (χ0v) is 27.5. The zero-order valence-electron chi connectivity index (χ0n) is 23.9. The molecule has 4 aromatic heterocycles. The molecule has 0 radical (unpaired) electrons. The van der Waals surface area contributed by atoms with Crippen LogP contribution in [-0.4, -0.2) is 52.4 Å². The molecule has 1 N–H and O–H groups in total. The van der Waals surface area contributed by atoms with Crippen LogP contribution in [-0.2, 0) is 0 Å². The fourth-order valence-electron chi connectivity index (χ4n) is 4.78. The van der Waals surface area contributed by atoms with Gasteiger partial charge >= 0.3 is 23.1 Å². The zero-order chi connectivity index (χ0) is 27.7. The second kappa shape index (κ2) is 14.6. The number of hydrogen-bond acceptors (Lipinski definition) is 4. The third-order valence-corrected chi connectivity index (χ3v) is 6.68. The minimum Gasteiger partial charge on any atom is -1.00 e. The molecule has 1 atom stereocenters. The van der Waals surface area contributed by atoms with Crippen molar-refractivity contribution in [3.05, 3.63) is 148 Å². The summed E-state index contributed by atoms with van der Waals surface area (Å²) in [5, 5.41) is 9.98. The van der Waals surface area contributed by atoms with Crippen molar-refractivity contribution in [2.75, 3.05) is 0 Å². The molecule has 0 amide bonds. The van der Waals surface area contributed by atoms with E-state index in [-0.39, 0.29) is 65.6 Å². The summed E-state index contributed by atoms with van der Waals surface area (Å²) < 4.78 is 6.49. The number of rotatable bonds is 4. The van der Waals surface area contributed by atoms with Gasteiger partial charge in [-0.1, -0.05) is 36.4 Å². The minimum absolute atomic E-state index is 0. The summed E-state index contributed by atoms with van der Waals surface area (Å²) in [5.41, 5.74) is 5.12. The van der Waals surface area contributed by atoms with E-state index in [2.05, 4.69) is 0 Å². The van der Waals surface area contributed by atoms with E-state index < -0.39 is 6.10 Å². The quantitative estimate of drug-likeness (QED) is 0.133. The van der Waals surface area contributed by atoms with E-state index in [1.165, 1.54) is 4.57 Å². The average Bonchev–Trinajstić information content (AvgIpc) is 3.52. The number of para-hydroxylation sites is 2. The Labute approximate surface area is 277 Å². The summed E-state index contributed by atoms with van der Waals surface area (Å²) in [6.45, 7) is 5.46. The number of aldehydes is 1. The summed E-state index contributed by atoms with van der Waals surface area (Å²) in [6, 6.07) is 22.3. The van der Waals surface area contributed by atoms with Crippen LogP contribution in [0.3, 0.4) is 0 Å². The number of aryl methyl sites for hydroxylation is 2. The number of carbonyl (C=O) groups is 1. The van der Waals surface area contributed by atoms with E-state index in [0.29, 0.717) is 34.4 Å². The number of aliphatic hydroxyl groups is 1. The Morgan fingerprint density at radius 1 is 0.714 bits per heavy atom. The van der Waals surface area contributed by atoms with Gasteiger partial charge in [-0.2, -0.15) is 0 Å². The first-order valence-electron chi connectivity index (χ1n) is 12.5. The topological polar surface area (TPSA) is 90.1 Å². The number of benzene rings is 2. The Kier molecular flexibility index (Phi) is 12.1. The smallest absolute Gasteiger partial charge is 1.00 e. The number of hydrogen-bond donors (Lipinski definition) is 1. The first kappa shape index (κ1) is 34.7. The molecule has 0 spiro atoms. The Hall–Kier alpha value is -3.45. The minimum atomic E-state index is -0.727. The van der Waals surface area contributed by atoms with E-state index >= 15 is 0 Å². The van der Waals surface area contributed by atoms with Gasteiger partial charge in [0.2, 0.25) is 0 Å². The third kappa shape index (κ3) is 6.46. The van der Waals surface area contributed by atoms with Crippen LogP contribution in [0.15, 0.2) is 107 Å². The van der Waals surface area contributed by atoms with Crippen LogP contribution in [0.1, 0.15) is 40.3 Å². The molecule has 0 aliphatic carbocycles. The van der Waals surface area contributed by atoms with Crippen LogP contribution >= 0.6 is 0 Å². The Morgan fingerprint density at radius 2 is 1.14 bits per heavy atom. The number of aliphatic hydroxyl groups excluding tert-OH is 1. The van der Waals surface area contributed by atoms with Gasteiger partial charge < -0.3 is 45.3 Å². The molecule has 0 aliphatic rings. The molecule has 42 heavy (non-hydrogen) atoms. The summed E-state index contributed by atoms with van der Waals surface area (Å²) in [5.74, 6) is 0. The van der Waals surface area contributed by atoms with Gasteiger partial charge in [-0.15, -0.1) is 0 Å². The average molecular weight is 687 g/mol. The maximum atomic E-state index is 12.8. The van der Waals surface area contributed by atoms with Crippen molar-refractivity contribution in [2.24, 2.45) is 0 Å². The molecule has 0 bridgehead atoms. The van der Waals surface area contributed by atoms with Crippen LogP contribution in [0, 0.1) is 21.3 Å². The molecule has 0 saturated heterocycles. The summed E-state index contributed by atoms with van der Waals surface area (Å²) >= 11 is 0. The molecule has 6 aromatic rings. The van der Waals surface area contributed by atoms with Crippen molar-refractivity contribution in [2.45, 2.75) is 26.9 Å². The molecule has 0 aliphatic heterocycles. The molecule has 0 saturated carbocycles. The van der Waals surface area contributed by atoms with Gasteiger partial charge in [-0.05, 0) is 68.3 Å². The first-order chi connectivity index (χ1) is 18.8. The van der Waals surface area contributed by atoms with Gasteiger partial charge in [0.05, 0.1) is 11.8 Å². The summed E-state index contributed by atoms with van der Waals surface area (Å²) in [7, 11) is 0. The first-order valence-corrected chi connectivity index (χ1v) is 12.5. The third-order valence-electron chi connectivity index (χ3n) is 6.68. The van der Waals surface area contributed by atoms with Crippen LogP contribution in [0.25, 0.3) is 22.4 Å². The molecule has 0 fully saturated rings. The van der Waals surface area contributed by atoms with Crippen molar-refractivity contribution in [3.63, 3.8) is 0 Å². The van der Waals surface area contributed by atoms with E-state index in [9.17, 15) is 19.5 Å². The Bertz CT molecular complexity index is 1920. The molecule has 8 nitrogen and oxygen atoms in total. The van der Waals surface area contributed by atoms with Crippen molar-refractivity contribution in [3.8, 4) is 11.4 Å². The maximum Gasteiger partial charge on any atom is 2.00 e. The van der Waals surface area contributed by atoms with Gasteiger partial charge in [-0.3, -0.25) is 23.5 Å². The standard InChI is InChI=1S/C16H16N2O2.C15H12N2O2.CH3.HI.Mg/c1-11-8-9-17-10-14(12(2)19)18(16(20)15(11)17)13-6-4-3-5-7-13;1-11-7-8-16-9-13(10-18)17(15(19)14(11)16)12-5-3-2-4-6-12;;;/h3-10,12,19H,1-2H3;2-10H,1H3;1H3;1H;/q;;-1;;+2/p-1. The van der Waals surface area contributed by atoms with Crippen LogP contribution in [0.4, 0.5) is 0 Å². The van der Waals surface area contributed by atoms with Crippen molar-refractivity contribution in [1.29, 1.82) is 0 Å². The summed E-state index contributed by atoms with van der Waals surface area (Å²) in [4.78, 5) is 36.6. The number of carbonyl (C=O) groups excluding carboxylic acids is 1. The van der Waals surface area contributed by atoms with E-state index in [1.54, 1.807) is 38.9 Å². The molecule has 4 heterocycles. The normalized spacial score (nSPS) is 11.0. The largest absolute Gasteiger partial charge is 2.00 e. The van der Waals surface area contributed by atoms with Crippen LogP contribution < -0.4 is 35.1 Å². The monoisotopic (exact) mass is 686 g/mol. The number of halogens is 1. The molecule has 10 heteroatoms. The predicted molar refractivity (Wildman–Crippen MR) is 164 cm³/mol. The van der Waals surface area contributed by atoms with E-state index in [4.69, 9.17) is 0 Å². The van der Waals surface area contributed by atoms with Crippen LogP contribution in [0.5, 0.6) is 0 Å². The fourth-order valence-corrected chi connectivity index (χ4v) is 4.78. The van der Waals surface area contributed by atoms with Gasteiger partial charge in [0, 0.05) is 36.2 Å². The number of nitrogens with zero attached hydrogens (tertiary/aromatic N) is 4. The Balaban J connectivity index is 0.000000274. The molecule has 212 valence electrons. The van der Waals surface area contributed by atoms with Gasteiger partial charge in [0.15, 0.2) is 6.29 Å².